The van der Waals surface area contributed by atoms with E-state index in [0.29, 0.717) is 12.2 Å². The molecule has 0 atom stereocenters. The second-order valence-corrected chi connectivity index (χ2v) is 3.62. The fourth-order valence-corrected chi connectivity index (χ4v) is 1.50. The molecule has 0 spiro atoms. The van der Waals surface area contributed by atoms with Crippen molar-refractivity contribution in [1.82, 2.24) is 10.2 Å². The van der Waals surface area contributed by atoms with Gasteiger partial charge in [-0.2, -0.15) is 5.10 Å². The lowest BCUT2D eigenvalue weighted by Gasteiger charge is -2.05. The third-order valence-electron chi connectivity index (χ3n) is 2.39. The second kappa shape index (κ2) is 4.61. The molecular formula is C12H13N3O. The second-order valence-electron chi connectivity index (χ2n) is 3.62. The van der Waals surface area contributed by atoms with Gasteiger partial charge in [-0.3, -0.25) is 9.89 Å². The van der Waals surface area contributed by atoms with Crippen molar-refractivity contribution in [2.75, 3.05) is 5.32 Å². The van der Waals surface area contributed by atoms with Crippen molar-refractivity contribution in [3.63, 3.8) is 0 Å². The third kappa shape index (κ3) is 2.48. The highest BCUT2D eigenvalue weighted by atomic mass is 16.1. The van der Waals surface area contributed by atoms with Crippen LogP contribution in [0.3, 0.4) is 0 Å². The topological polar surface area (TPSA) is 57.8 Å². The molecule has 0 aliphatic heterocycles. The van der Waals surface area contributed by atoms with Crippen molar-refractivity contribution in [3.05, 3.63) is 47.7 Å². The number of aromatic amines is 1. The molecule has 16 heavy (non-hydrogen) atoms. The summed E-state index contributed by atoms with van der Waals surface area (Å²) in [4.78, 5) is 11.7. The Morgan fingerprint density at radius 3 is 2.88 bits per heavy atom. The first-order valence-corrected chi connectivity index (χ1v) is 5.09. The Hall–Kier alpha value is -2.10. The summed E-state index contributed by atoms with van der Waals surface area (Å²) in [5.74, 6) is 0.581. The fourth-order valence-electron chi connectivity index (χ4n) is 1.50. The van der Waals surface area contributed by atoms with E-state index in [1.54, 1.807) is 12.3 Å². The summed E-state index contributed by atoms with van der Waals surface area (Å²) in [6.07, 6.45) is 1.98. The largest absolute Gasteiger partial charge is 0.311 e. The highest BCUT2D eigenvalue weighted by molar-refractivity contribution is 5.91. The summed E-state index contributed by atoms with van der Waals surface area (Å²) in [5, 5.41) is 9.19. The number of aromatic nitrogens is 2. The molecule has 0 saturated heterocycles. The smallest absolute Gasteiger partial charge is 0.229 e. The molecule has 0 fully saturated rings. The summed E-state index contributed by atoms with van der Waals surface area (Å²) in [6, 6.07) is 9.58. The molecule has 1 heterocycles. The lowest BCUT2D eigenvalue weighted by Crippen LogP contribution is -2.15. The first-order chi connectivity index (χ1) is 7.75. The molecule has 0 bridgehead atoms. The number of anilines is 1. The van der Waals surface area contributed by atoms with Crippen LogP contribution in [0.1, 0.15) is 11.1 Å². The van der Waals surface area contributed by atoms with Crippen LogP contribution in [0.4, 0.5) is 5.82 Å². The molecule has 2 rings (SSSR count). The van der Waals surface area contributed by atoms with Crippen LogP contribution in [0, 0.1) is 6.92 Å². The normalized spacial score (nSPS) is 10.1. The van der Waals surface area contributed by atoms with E-state index in [2.05, 4.69) is 15.5 Å². The Kier molecular flexibility index (Phi) is 3.00. The van der Waals surface area contributed by atoms with E-state index in [1.165, 1.54) is 0 Å². The van der Waals surface area contributed by atoms with Gasteiger partial charge in [0, 0.05) is 6.07 Å². The molecular weight excluding hydrogens is 202 g/mol. The lowest BCUT2D eigenvalue weighted by atomic mass is 10.1. The van der Waals surface area contributed by atoms with Gasteiger partial charge in [0.15, 0.2) is 0 Å². The Morgan fingerprint density at radius 2 is 2.19 bits per heavy atom. The fraction of sp³-hybridized carbons (Fsp3) is 0.167. The number of rotatable bonds is 3. The number of hydrogen-bond acceptors (Lipinski definition) is 2. The van der Waals surface area contributed by atoms with Crippen LogP contribution < -0.4 is 5.32 Å². The Labute approximate surface area is 93.7 Å². The lowest BCUT2D eigenvalue weighted by molar-refractivity contribution is -0.115. The minimum atomic E-state index is -0.0430. The van der Waals surface area contributed by atoms with E-state index < -0.39 is 0 Å². The van der Waals surface area contributed by atoms with Crippen LogP contribution >= 0.6 is 0 Å². The van der Waals surface area contributed by atoms with Gasteiger partial charge >= 0.3 is 0 Å². The quantitative estimate of drug-likeness (QED) is 0.821. The van der Waals surface area contributed by atoms with Gasteiger partial charge in [0.2, 0.25) is 5.91 Å². The van der Waals surface area contributed by atoms with Crippen molar-refractivity contribution in [2.24, 2.45) is 0 Å². The van der Waals surface area contributed by atoms with Crippen LogP contribution in [-0.2, 0) is 11.2 Å². The zero-order chi connectivity index (χ0) is 11.4. The molecule has 0 aliphatic carbocycles. The SMILES string of the molecule is Cc1ccccc1CC(=O)Nc1ccn[nH]1. The van der Waals surface area contributed by atoms with Crippen LogP contribution in [0.25, 0.3) is 0 Å². The molecule has 0 radical (unpaired) electrons. The number of aryl methyl sites for hydroxylation is 1. The van der Waals surface area contributed by atoms with Crippen molar-refractivity contribution >= 4 is 11.7 Å². The molecule has 4 nitrogen and oxygen atoms in total. The zero-order valence-electron chi connectivity index (χ0n) is 9.03. The summed E-state index contributed by atoms with van der Waals surface area (Å²) in [7, 11) is 0. The van der Waals surface area contributed by atoms with Crippen LogP contribution in [-0.4, -0.2) is 16.1 Å². The van der Waals surface area contributed by atoms with Crippen molar-refractivity contribution in [1.29, 1.82) is 0 Å². The van der Waals surface area contributed by atoms with E-state index in [0.717, 1.165) is 11.1 Å². The van der Waals surface area contributed by atoms with E-state index in [1.807, 2.05) is 31.2 Å². The molecule has 0 unspecified atom stereocenters. The number of amides is 1. The van der Waals surface area contributed by atoms with E-state index in [-0.39, 0.29) is 5.91 Å². The molecule has 0 aliphatic rings. The summed E-state index contributed by atoms with van der Waals surface area (Å²) in [5.41, 5.74) is 2.17. The van der Waals surface area contributed by atoms with Crippen molar-refractivity contribution < 1.29 is 4.79 Å². The summed E-state index contributed by atoms with van der Waals surface area (Å²) >= 11 is 0. The molecule has 1 aromatic heterocycles. The monoisotopic (exact) mass is 215 g/mol. The molecule has 0 saturated carbocycles. The number of hydrogen-bond donors (Lipinski definition) is 2. The van der Waals surface area contributed by atoms with Crippen LogP contribution in [0.15, 0.2) is 36.5 Å². The minimum absolute atomic E-state index is 0.0430. The molecule has 82 valence electrons. The van der Waals surface area contributed by atoms with Gasteiger partial charge in [-0.1, -0.05) is 24.3 Å². The van der Waals surface area contributed by atoms with E-state index >= 15 is 0 Å². The van der Waals surface area contributed by atoms with Gasteiger partial charge in [-0.25, -0.2) is 0 Å². The number of nitrogens with one attached hydrogen (secondary N) is 2. The maximum Gasteiger partial charge on any atom is 0.229 e. The van der Waals surface area contributed by atoms with E-state index in [4.69, 9.17) is 0 Å². The van der Waals surface area contributed by atoms with Gasteiger partial charge in [0.1, 0.15) is 5.82 Å². The average Bonchev–Trinajstić information content (AvgIpc) is 2.74. The maximum atomic E-state index is 11.7. The molecule has 1 amide bonds. The van der Waals surface area contributed by atoms with Gasteiger partial charge in [0.25, 0.3) is 0 Å². The zero-order valence-corrected chi connectivity index (χ0v) is 9.03. The van der Waals surface area contributed by atoms with Crippen LogP contribution in [0.2, 0.25) is 0 Å². The standard InChI is InChI=1S/C12H13N3O/c1-9-4-2-3-5-10(9)8-12(16)14-11-6-7-13-15-11/h2-7H,8H2,1H3,(H2,13,14,15,16). The Balaban J connectivity index is 2.00. The molecule has 4 heteroatoms. The van der Waals surface area contributed by atoms with Gasteiger partial charge in [-0.05, 0) is 18.1 Å². The number of carbonyl (C=O) groups is 1. The number of benzene rings is 1. The number of carbonyl (C=O) groups excluding carboxylic acids is 1. The molecule has 1 aromatic carbocycles. The average molecular weight is 215 g/mol. The predicted molar refractivity (Wildman–Crippen MR) is 62.1 cm³/mol. The highest BCUT2D eigenvalue weighted by Gasteiger charge is 2.06. The van der Waals surface area contributed by atoms with Gasteiger partial charge in [0.05, 0.1) is 12.6 Å². The minimum Gasteiger partial charge on any atom is -0.311 e. The summed E-state index contributed by atoms with van der Waals surface area (Å²) < 4.78 is 0. The van der Waals surface area contributed by atoms with Gasteiger partial charge < -0.3 is 5.32 Å². The number of nitrogens with zero attached hydrogens (tertiary/aromatic N) is 1. The van der Waals surface area contributed by atoms with E-state index in [9.17, 15) is 4.79 Å². The predicted octanol–water partition coefficient (Wildman–Crippen LogP) is 1.90. The first-order valence-electron chi connectivity index (χ1n) is 5.09. The highest BCUT2D eigenvalue weighted by Crippen LogP contribution is 2.09. The van der Waals surface area contributed by atoms with Crippen molar-refractivity contribution in [2.45, 2.75) is 13.3 Å². The maximum absolute atomic E-state index is 11.7. The summed E-state index contributed by atoms with van der Waals surface area (Å²) in [6.45, 7) is 2.00. The molecule has 2 N–H and O–H groups in total. The van der Waals surface area contributed by atoms with Crippen molar-refractivity contribution in [3.8, 4) is 0 Å². The third-order valence-corrected chi connectivity index (χ3v) is 2.39. The Bertz CT molecular complexity index is 477. The first kappa shape index (κ1) is 10.4. The molecule has 2 aromatic rings. The van der Waals surface area contributed by atoms with Gasteiger partial charge in [-0.15, -0.1) is 0 Å². The number of H-pyrrole nitrogens is 1. The Morgan fingerprint density at radius 1 is 1.38 bits per heavy atom. The van der Waals surface area contributed by atoms with Crippen LogP contribution in [0.5, 0.6) is 0 Å².